The second-order valence-electron chi connectivity index (χ2n) is 1.42. The van der Waals surface area contributed by atoms with Crippen LogP contribution >= 0.6 is 12.0 Å². The molecule has 0 aromatic rings. The van der Waals surface area contributed by atoms with Crippen LogP contribution in [-0.4, -0.2) is 16.0 Å². The zero-order chi connectivity index (χ0) is 7.49. The van der Waals surface area contributed by atoms with E-state index in [-0.39, 0.29) is 71.2 Å². The summed E-state index contributed by atoms with van der Waals surface area (Å²) >= 11 is -0.120. The molecule has 0 radical (unpaired) electrons. The van der Waals surface area contributed by atoms with Gasteiger partial charge in [-0.25, -0.2) is 0 Å². The maximum atomic E-state index is 9.81. The fraction of sp³-hybridized carbons (Fsp3) is 0.667. The van der Waals surface area contributed by atoms with Crippen molar-refractivity contribution in [2.75, 3.05) is 0 Å². The SMILES string of the molecule is CC(O)(SO[O-])C(=O)[O-].[Na+].[Na+]. The molecular formula is C3H4Na2O5S. The monoisotopic (exact) mass is 198 g/mol. The van der Waals surface area contributed by atoms with Gasteiger partial charge in [0.1, 0.15) is 0 Å². The molecular weight excluding hydrogens is 194 g/mol. The van der Waals surface area contributed by atoms with E-state index in [0.29, 0.717) is 0 Å². The summed E-state index contributed by atoms with van der Waals surface area (Å²) in [6, 6.07) is 0. The Balaban J connectivity index is -0.000000320. The van der Waals surface area contributed by atoms with Crippen molar-refractivity contribution in [3.05, 3.63) is 0 Å². The molecule has 0 bridgehead atoms. The normalized spacial score (nSPS) is 13.7. The molecule has 1 atom stereocenters. The van der Waals surface area contributed by atoms with E-state index in [4.69, 9.17) is 5.11 Å². The maximum Gasteiger partial charge on any atom is 1.00 e. The summed E-state index contributed by atoms with van der Waals surface area (Å²) < 4.78 is 3.06. The van der Waals surface area contributed by atoms with Crippen LogP contribution in [0, 0.1) is 0 Å². The molecule has 0 aromatic heterocycles. The van der Waals surface area contributed by atoms with Gasteiger partial charge in [-0.2, -0.15) is 0 Å². The Hall–Kier alpha value is 1.70. The molecule has 5 nitrogen and oxygen atoms in total. The van der Waals surface area contributed by atoms with Crippen LogP contribution in [0.4, 0.5) is 0 Å². The number of carbonyl (C=O) groups excluding carboxylic acids is 1. The Bertz CT molecular complexity index is 118. The Morgan fingerprint density at radius 3 is 2.09 bits per heavy atom. The molecule has 1 unspecified atom stereocenters. The second-order valence-corrected chi connectivity index (χ2v) is 2.52. The van der Waals surface area contributed by atoms with Crippen molar-refractivity contribution >= 4 is 18.0 Å². The predicted octanol–water partition coefficient (Wildman–Crippen LogP) is -8.61. The van der Waals surface area contributed by atoms with Gasteiger partial charge in [-0.1, -0.05) is 0 Å². The van der Waals surface area contributed by atoms with Gasteiger partial charge in [0.15, 0.2) is 4.93 Å². The first-order valence-electron chi connectivity index (χ1n) is 1.92. The summed E-state index contributed by atoms with van der Waals surface area (Å²) in [5.41, 5.74) is 0. The van der Waals surface area contributed by atoms with Gasteiger partial charge in [-0.05, 0) is 6.92 Å². The van der Waals surface area contributed by atoms with Crippen LogP contribution in [0.1, 0.15) is 6.92 Å². The second kappa shape index (κ2) is 8.31. The van der Waals surface area contributed by atoms with E-state index in [0.717, 1.165) is 6.92 Å². The molecule has 11 heavy (non-hydrogen) atoms. The van der Waals surface area contributed by atoms with Crippen molar-refractivity contribution in [3.63, 3.8) is 0 Å². The number of aliphatic carboxylic acids is 1. The van der Waals surface area contributed by atoms with Gasteiger partial charge in [-0.15, -0.1) is 0 Å². The largest absolute Gasteiger partial charge is 1.00 e. The molecule has 54 valence electrons. The zero-order valence-electron chi connectivity index (χ0n) is 6.49. The Labute approximate surface area is 112 Å². The van der Waals surface area contributed by atoms with Crippen molar-refractivity contribution < 1.29 is 83.7 Å². The molecule has 0 saturated carbocycles. The van der Waals surface area contributed by atoms with Crippen LogP contribution in [0.2, 0.25) is 0 Å². The van der Waals surface area contributed by atoms with Crippen molar-refractivity contribution in [2.24, 2.45) is 0 Å². The molecule has 0 aromatic carbocycles. The molecule has 0 heterocycles. The summed E-state index contributed by atoms with van der Waals surface area (Å²) in [7, 11) is 0. The third kappa shape index (κ3) is 8.04. The van der Waals surface area contributed by atoms with Crippen LogP contribution in [0.5, 0.6) is 0 Å². The Morgan fingerprint density at radius 2 is 2.00 bits per heavy atom. The van der Waals surface area contributed by atoms with E-state index in [1.165, 1.54) is 0 Å². The van der Waals surface area contributed by atoms with Crippen LogP contribution in [0.3, 0.4) is 0 Å². The van der Waals surface area contributed by atoms with Gasteiger partial charge < -0.3 is 24.6 Å². The molecule has 0 fully saturated rings. The minimum atomic E-state index is -2.26. The van der Waals surface area contributed by atoms with E-state index in [1.807, 2.05) is 0 Å². The topological polar surface area (TPSA) is 92.7 Å². The minimum absolute atomic E-state index is 0. The van der Waals surface area contributed by atoms with E-state index < -0.39 is 10.9 Å². The molecule has 0 aliphatic rings. The standard InChI is InChI=1S/C3H6O5S.2Na/c1-3(6,2(4)5)9-8-7;;/h6-7H,1H3,(H,4,5);;/q;2*+1/p-2. The molecule has 0 rings (SSSR count). The average Bonchev–Trinajstić information content (AvgIpc) is 1.65. The summed E-state index contributed by atoms with van der Waals surface area (Å²) in [6.45, 7) is 0.880. The number of carboxylic acids is 1. The number of hydrogen-bond acceptors (Lipinski definition) is 6. The van der Waals surface area contributed by atoms with Crippen LogP contribution in [0.15, 0.2) is 0 Å². The van der Waals surface area contributed by atoms with Crippen molar-refractivity contribution in [1.29, 1.82) is 0 Å². The first-order valence-corrected chi connectivity index (χ1v) is 2.66. The van der Waals surface area contributed by atoms with Gasteiger partial charge in [0.25, 0.3) is 0 Å². The zero-order valence-corrected chi connectivity index (χ0v) is 11.3. The molecule has 8 heteroatoms. The predicted molar refractivity (Wildman–Crippen MR) is 24.3 cm³/mol. The Kier molecular flexibility index (Phi) is 14.0. The van der Waals surface area contributed by atoms with E-state index >= 15 is 0 Å². The number of hydrogen-bond donors (Lipinski definition) is 1. The molecule has 0 saturated heterocycles. The van der Waals surface area contributed by atoms with Crippen molar-refractivity contribution in [3.8, 4) is 0 Å². The van der Waals surface area contributed by atoms with Crippen LogP contribution in [0.25, 0.3) is 0 Å². The van der Waals surface area contributed by atoms with Crippen LogP contribution < -0.4 is 69.5 Å². The third-order valence-electron chi connectivity index (χ3n) is 0.575. The Morgan fingerprint density at radius 1 is 1.64 bits per heavy atom. The number of aliphatic hydroxyl groups is 1. The first-order chi connectivity index (χ1) is 4.00. The van der Waals surface area contributed by atoms with Crippen molar-refractivity contribution in [1.82, 2.24) is 0 Å². The van der Waals surface area contributed by atoms with E-state index in [1.54, 1.807) is 0 Å². The van der Waals surface area contributed by atoms with Gasteiger partial charge >= 0.3 is 59.1 Å². The third-order valence-corrected chi connectivity index (χ3v) is 1.13. The van der Waals surface area contributed by atoms with Gasteiger partial charge in [-0.3, -0.25) is 0 Å². The van der Waals surface area contributed by atoms with E-state index in [9.17, 15) is 15.2 Å². The molecule has 0 aliphatic heterocycles. The first kappa shape index (κ1) is 18.5. The maximum absolute atomic E-state index is 9.81. The molecule has 0 spiro atoms. The summed E-state index contributed by atoms with van der Waals surface area (Å²) in [6.07, 6.45) is 0. The van der Waals surface area contributed by atoms with Crippen LogP contribution in [-0.2, 0) is 9.13 Å². The number of rotatable bonds is 3. The number of carbonyl (C=O) groups is 1. The average molecular weight is 198 g/mol. The summed E-state index contributed by atoms with van der Waals surface area (Å²) in [5.74, 6) is -1.76. The minimum Gasteiger partial charge on any atom is -0.710 e. The summed E-state index contributed by atoms with van der Waals surface area (Å²) in [4.78, 5) is 7.55. The van der Waals surface area contributed by atoms with Gasteiger partial charge in [0.05, 0.1) is 5.97 Å². The quantitative estimate of drug-likeness (QED) is 0.159. The summed E-state index contributed by atoms with van der Waals surface area (Å²) in [5, 5.41) is 27.6. The van der Waals surface area contributed by atoms with E-state index in [2.05, 4.69) is 4.33 Å². The molecule has 0 aliphatic carbocycles. The fourth-order valence-electron chi connectivity index (χ4n) is 0.100. The van der Waals surface area contributed by atoms with Crippen molar-refractivity contribution in [2.45, 2.75) is 11.9 Å². The number of carboxylic acid groups (broad SMARTS) is 1. The van der Waals surface area contributed by atoms with Gasteiger partial charge in [0, 0.05) is 12.0 Å². The smallest absolute Gasteiger partial charge is 0.710 e. The molecule has 1 N–H and O–H groups in total. The molecule has 0 amide bonds. The van der Waals surface area contributed by atoms with Gasteiger partial charge in [0.2, 0.25) is 0 Å². The fourth-order valence-corrected chi connectivity index (χ4v) is 0.301.